The lowest BCUT2D eigenvalue weighted by Gasteiger charge is -2.42. The predicted molar refractivity (Wildman–Crippen MR) is 94.9 cm³/mol. The molecule has 0 bridgehead atoms. The lowest BCUT2D eigenvalue weighted by molar-refractivity contribution is 0.237. The summed E-state index contributed by atoms with van der Waals surface area (Å²) in [6.07, 6.45) is 8.68. The first-order chi connectivity index (χ1) is 7.16. The highest BCUT2D eigenvalue weighted by molar-refractivity contribution is 14.1. The number of rotatable bonds is 5. The minimum atomic E-state index is 0.621. The second kappa shape index (κ2) is 7.59. The van der Waals surface area contributed by atoms with Crippen LogP contribution in [0.5, 0.6) is 0 Å². The van der Waals surface area contributed by atoms with Crippen molar-refractivity contribution in [2.45, 2.75) is 48.9 Å². The maximum Gasteiger partial charge on any atom is 0.0339 e. The molecule has 90 valence electrons. The molecule has 1 aliphatic carbocycles. The second-order valence-corrected chi connectivity index (χ2v) is 8.59. The SMILES string of the molecule is CCCC[C@@H]1C[C@H](CI)CC[C@@]1(I)CI. The van der Waals surface area contributed by atoms with Crippen LogP contribution in [-0.2, 0) is 0 Å². The normalized spacial score (nSPS) is 36.8. The number of unbranched alkanes of at least 4 members (excludes halogenated alkanes) is 1. The molecule has 1 rings (SSSR count). The summed E-state index contributed by atoms with van der Waals surface area (Å²) in [5, 5.41) is 0. The second-order valence-electron chi connectivity index (χ2n) is 4.80. The summed E-state index contributed by atoms with van der Waals surface area (Å²) >= 11 is 7.95. The predicted octanol–water partition coefficient (Wildman–Crippen LogP) is 5.64. The Kier molecular flexibility index (Phi) is 7.71. The molecule has 0 unspecified atom stereocenters. The van der Waals surface area contributed by atoms with Crippen molar-refractivity contribution in [2.75, 3.05) is 8.86 Å². The summed E-state index contributed by atoms with van der Waals surface area (Å²) in [6.45, 7) is 2.32. The topological polar surface area (TPSA) is 0 Å². The van der Waals surface area contributed by atoms with E-state index in [0.29, 0.717) is 3.42 Å². The zero-order chi connectivity index (χ0) is 11.3. The number of halogens is 3. The van der Waals surface area contributed by atoms with E-state index in [4.69, 9.17) is 0 Å². The van der Waals surface area contributed by atoms with E-state index < -0.39 is 0 Å². The highest BCUT2D eigenvalue weighted by atomic mass is 127. The fourth-order valence-corrected chi connectivity index (χ4v) is 5.20. The Morgan fingerprint density at radius 1 is 1.33 bits per heavy atom. The minimum Gasteiger partial charge on any atom is -0.0861 e. The lowest BCUT2D eigenvalue weighted by atomic mass is 9.73. The average Bonchev–Trinajstić information content (AvgIpc) is 2.28. The van der Waals surface area contributed by atoms with Crippen LogP contribution in [0.2, 0.25) is 0 Å². The van der Waals surface area contributed by atoms with Crippen LogP contribution in [0.15, 0.2) is 0 Å². The van der Waals surface area contributed by atoms with E-state index >= 15 is 0 Å². The average molecular weight is 546 g/mol. The van der Waals surface area contributed by atoms with E-state index in [-0.39, 0.29) is 0 Å². The van der Waals surface area contributed by atoms with Gasteiger partial charge in [0.05, 0.1) is 0 Å². The first-order valence-electron chi connectivity index (χ1n) is 5.97. The van der Waals surface area contributed by atoms with Crippen molar-refractivity contribution in [3.8, 4) is 0 Å². The third kappa shape index (κ3) is 4.41. The van der Waals surface area contributed by atoms with Crippen molar-refractivity contribution in [2.24, 2.45) is 11.8 Å². The van der Waals surface area contributed by atoms with Gasteiger partial charge in [-0.3, -0.25) is 0 Å². The highest BCUT2D eigenvalue weighted by Gasteiger charge is 2.39. The smallest absolute Gasteiger partial charge is 0.0339 e. The molecule has 1 aliphatic rings. The fraction of sp³-hybridized carbons (Fsp3) is 1.00. The summed E-state index contributed by atoms with van der Waals surface area (Å²) < 4.78 is 3.33. The molecule has 1 saturated carbocycles. The molecule has 0 nitrogen and oxygen atoms in total. The molecule has 3 heteroatoms. The molecule has 0 N–H and O–H groups in total. The molecular formula is C12H21I3. The molecule has 0 radical (unpaired) electrons. The molecule has 0 aliphatic heterocycles. The summed E-state index contributed by atoms with van der Waals surface area (Å²) in [6, 6.07) is 0. The molecule has 0 aromatic heterocycles. The van der Waals surface area contributed by atoms with Gasteiger partial charge < -0.3 is 0 Å². The van der Waals surface area contributed by atoms with Crippen molar-refractivity contribution in [1.82, 2.24) is 0 Å². The zero-order valence-electron chi connectivity index (χ0n) is 9.45. The van der Waals surface area contributed by atoms with Gasteiger partial charge >= 0.3 is 0 Å². The zero-order valence-corrected chi connectivity index (χ0v) is 15.9. The van der Waals surface area contributed by atoms with Gasteiger partial charge in [-0.05, 0) is 37.5 Å². The summed E-state index contributed by atoms with van der Waals surface area (Å²) in [4.78, 5) is 0. The molecule has 1 fully saturated rings. The maximum atomic E-state index is 2.77. The van der Waals surface area contributed by atoms with Crippen LogP contribution >= 0.6 is 67.8 Å². The van der Waals surface area contributed by atoms with Crippen LogP contribution in [0.25, 0.3) is 0 Å². The summed E-state index contributed by atoms with van der Waals surface area (Å²) in [7, 11) is 0. The van der Waals surface area contributed by atoms with Gasteiger partial charge in [0, 0.05) is 12.3 Å². The van der Waals surface area contributed by atoms with Gasteiger partial charge in [0.15, 0.2) is 0 Å². The Morgan fingerprint density at radius 3 is 2.60 bits per heavy atom. The van der Waals surface area contributed by atoms with E-state index in [2.05, 4.69) is 74.7 Å². The Bertz CT molecular complexity index is 184. The monoisotopic (exact) mass is 546 g/mol. The van der Waals surface area contributed by atoms with Gasteiger partial charge in [-0.1, -0.05) is 87.5 Å². The van der Waals surface area contributed by atoms with Crippen LogP contribution in [0.1, 0.15) is 45.4 Å². The minimum absolute atomic E-state index is 0.621. The largest absolute Gasteiger partial charge is 0.0861 e. The van der Waals surface area contributed by atoms with Crippen molar-refractivity contribution >= 4 is 67.8 Å². The Hall–Kier alpha value is 2.19. The Morgan fingerprint density at radius 2 is 2.07 bits per heavy atom. The van der Waals surface area contributed by atoms with Gasteiger partial charge in [0.2, 0.25) is 0 Å². The maximum absolute atomic E-state index is 2.77. The first-order valence-corrected chi connectivity index (χ1v) is 10.1. The van der Waals surface area contributed by atoms with Crippen molar-refractivity contribution < 1.29 is 0 Å². The van der Waals surface area contributed by atoms with Crippen LogP contribution in [0, 0.1) is 11.8 Å². The van der Waals surface area contributed by atoms with Gasteiger partial charge in [0.25, 0.3) is 0 Å². The summed E-state index contributed by atoms with van der Waals surface area (Å²) in [5.74, 6) is 2.00. The summed E-state index contributed by atoms with van der Waals surface area (Å²) in [5.41, 5.74) is 0. The van der Waals surface area contributed by atoms with E-state index in [1.165, 1.54) is 47.4 Å². The van der Waals surface area contributed by atoms with Crippen molar-refractivity contribution in [3.63, 3.8) is 0 Å². The van der Waals surface area contributed by atoms with Crippen LogP contribution in [0.4, 0.5) is 0 Å². The quantitative estimate of drug-likeness (QED) is 0.310. The molecule has 0 saturated heterocycles. The third-order valence-electron chi connectivity index (χ3n) is 3.66. The van der Waals surface area contributed by atoms with Crippen LogP contribution < -0.4 is 0 Å². The molecule has 0 aromatic carbocycles. The molecule has 0 heterocycles. The Labute approximate surface area is 136 Å². The molecule has 3 atom stereocenters. The van der Waals surface area contributed by atoms with E-state index in [9.17, 15) is 0 Å². The first kappa shape index (κ1) is 15.2. The Balaban J connectivity index is 2.56. The number of hydrogen-bond acceptors (Lipinski definition) is 0. The van der Waals surface area contributed by atoms with Crippen LogP contribution in [-0.4, -0.2) is 12.3 Å². The molecular weight excluding hydrogens is 525 g/mol. The fourth-order valence-electron chi connectivity index (χ4n) is 2.52. The van der Waals surface area contributed by atoms with Gasteiger partial charge in [-0.25, -0.2) is 0 Å². The van der Waals surface area contributed by atoms with E-state index in [1.807, 2.05) is 0 Å². The van der Waals surface area contributed by atoms with Gasteiger partial charge in [-0.15, -0.1) is 0 Å². The number of hydrogen-bond donors (Lipinski definition) is 0. The van der Waals surface area contributed by atoms with Gasteiger partial charge in [-0.2, -0.15) is 0 Å². The van der Waals surface area contributed by atoms with Gasteiger partial charge in [0.1, 0.15) is 0 Å². The molecule has 0 amide bonds. The van der Waals surface area contributed by atoms with Crippen molar-refractivity contribution in [3.05, 3.63) is 0 Å². The number of alkyl halides is 3. The molecule has 15 heavy (non-hydrogen) atoms. The highest BCUT2D eigenvalue weighted by Crippen LogP contribution is 2.47. The van der Waals surface area contributed by atoms with E-state index in [1.54, 1.807) is 0 Å². The standard InChI is InChI=1S/C12H21I3/c1-2-3-4-11-7-10(8-13)5-6-12(11,15)9-14/h10-11H,2-9H2,1H3/t10-,11-,12-/m1/s1. The lowest BCUT2D eigenvalue weighted by Crippen LogP contribution is -2.39. The van der Waals surface area contributed by atoms with E-state index in [0.717, 1.165) is 11.8 Å². The molecule has 0 aromatic rings. The van der Waals surface area contributed by atoms with Crippen LogP contribution in [0.3, 0.4) is 0 Å². The van der Waals surface area contributed by atoms with Crippen molar-refractivity contribution in [1.29, 1.82) is 0 Å². The molecule has 0 spiro atoms. The third-order valence-corrected chi connectivity index (χ3v) is 9.53.